The number of esters is 2. The number of nitrogens with zero attached hydrogens (tertiary/aromatic N) is 2. The summed E-state index contributed by atoms with van der Waals surface area (Å²) in [4.78, 5) is 27.0. The summed E-state index contributed by atoms with van der Waals surface area (Å²) in [5.41, 5.74) is 6.51. The fraction of sp³-hybridized carbons (Fsp3) is 0.481. The van der Waals surface area contributed by atoms with E-state index in [1.807, 2.05) is 24.3 Å². The molecule has 18 heteroatoms. The summed E-state index contributed by atoms with van der Waals surface area (Å²) in [6, 6.07) is 15.9. The lowest BCUT2D eigenvalue weighted by Gasteiger charge is -2.46. The van der Waals surface area contributed by atoms with Gasteiger partial charge in [0.2, 0.25) is 11.5 Å². The molecule has 4 aromatic carbocycles. The van der Waals surface area contributed by atoms with E-state index in [2.05, 4.69) is 70.2 Å². The van der Waals surface area contributed by atoms with E-state index < -0.39 is 0 Å². The van der Waals surface area contributed by atoms with Crippen LogP contribution in [0.3, 0.4) is 0 Å². The molecule has 2 aliphatic rings. The van der Waals surface area contributed by atoms with Crippen molar-refractivity contribution in [2.45, 2.75) is 50.6 Å². The predicted octanol–water partition coefficient (Wildman–Crippen LogP) is 8.91. The van der Waals surface area contributed by atoms with Gasteiger partial charge in [0.05, 0.1) is 124 Å². The van der Waals surface area contributed by atoms with E-state index in [-0.39, 0.29) is 50.1 Å². The molecule has 2 unspecified atom stereocenters. The minimum atomic E-state index is -0.356. The van der Waals surface area contributed by atoms with Crippen molar-refractivity contribution < 1.29 is 75.4 Å². The number of hydrogen-bond donors (Lipinski definition) is 0. The van der Waals surface area contributed by atoms with Gasteiger partial charge < -0.3 is 65.8 Å². The van der Waals surface area contributed by atoms with E-state index in [0.717, 1.165) is 59.3 Å². The maximum absolute atomic E-state index is 13.5. The molecule has 0 amide bonds. The van der Waals surface area contributed by atoms with Gasteiger partial charge in [-0.1, -0.05) is 31.9 Å². The second kappa shape index (κ2) is 24.9. The molecule has 0 radical (unpaired) electrons. The molecule has 392 valence electrons. The largest absolute Gasteiger partial charge is 0.493 e. The molecule has 0 spiro atoms. The zero-order chi connectivity index (χ0) is 52.3. The van der Waals surface area contributed by atoms with Crippen molar-refractivity contribution >= 4 is 43.8 Å². The molecule has 6 rings (SSSR count). The Morgan fingerprint density at radius 1 is 0.458 bits per heavy atom. The molecular weight excluding hydrogens is 1060 g/mol. The summed E-state index contributed by atoms with van der Waals surface area (Å²) in [5.74, 6) is 5.19. The summed E-state index contributed by atoms with van der Waals surface area (Å²) in [6.07, 6.45) is 3.11. The Kier molecular flexibility index (Phi) is 19.3. The van der Waals surface area contributed by atoms with Crippen LogP contribution in [0.2, 0.25) is 0 Å². The molecule has 0 aliphatic carbocycles. The number of carbonyl (C=O) groups is 2. The van der Waals surface area contributed by atoms with Crippen molar-refractivity contribution in [1.82, 2.24) is 0 Å². The quantitative estimate of drug-likeness (QED) is 0.0486. The SMILES string of the molecule is COc1cc2c(cc1OC)[C@@H](Cc1cc(OC)c(OC)c(OC)c1)[N+](C)(CCC(=O)OC/C(Br)=C(\Br)COC(=O)CC[N+]1(C)CCc3cc(OC)c(OC)cc3[C@H]1Cc1cc(OC)c(OC)c(OC)c1)CC2. The topological polar surface area (TPSA) is 145 Å². The summed E-state index contributed by atoms with van der Waals surface area (Å²) >= 11 is 7.12. The third kappa shape index (κ3) is 12.4. The van der Waals surface area contributed by atoms with Crippen LogP contribution in [-0.4, -0.2) is 145 Å². The molecule has 72 heavy (non-hydrogen) atoms. The van der Waals surface area contributed by atoms with E-state index >= 15 is 0 Å². The third-order valence-electron chi connectivity index (χ3n) is 14.3. The molecule has 0 saturated carbocycles. The summed E-state index contributed by atoms with van der Waals surface area (Å²) in [5, 5.41) is 0. The van der Waals surface area contributed by atoms with Crippen molar-refractivity contribution in [2.75, 3.05) is 125 Å². The summed E-state index contributed by atoms with van der Waals surface area (Å²) in [6.45, 7) is 2.48. The second-order valence-corrected chi connectivity index (χ2v) is 20.2. The molecule has 0 aromatic heterocycles. The number of ether oxygens (including phenoxy) is 12. The molecule has 2 aliphatic heterocycles. The molecule has 4 atom stereocenters. The highest BCUT2D eigenvalue weighted by Gasteiger charge is 2.42. The number of quaternary nitrogens is 2. The van der Waals surface area contributed by atoms with E-state index in [1.165, 1.54) is 0 Å². The van der Waals surface area contributed by atoms with Gasteiger partial charge in [-0.25, -0.2) is 0 Å². The van der Waals surface area contributed by atoms with Gasteiger partial charge in [0.1, 0.15) is 25.3 Å². The van der Waals surface area contributed by atoms with Crippen LogP contribution in [0.4, 0.5) is 0 Å². The Hall–Kier alpha value is -5.56. The Balaban J connectivity index is 1.10. The van der Waals surface area contributed by atoms with Gasteiger partial charge in [0.25, 0.3) is 0 Å². The van der Waals surface area contributed by atoms with E-state index in [4.69, 9.17) is 56.8 Å². The van der Waals surface area contributed by atoms with Crippen LogP contribution >= 0.6 is 31.9 Å². The molecule has 4 aromatic rings. The van der Waals surface area contributed by atoms with Crippen molar-refractivity contribution in [3.8, 4) is 57.5 Å². The van der Waals surface area contributed by atoms with Gasteiger partial charge in [0.15, 0.2) is 46.0 Å². The first kappa shape index (κ1) is 55.7. The zero-order valence-electron chi connectivity index (χ0n) is 43.6. The normalized spacial score (nSPS) is 19.4. The molecular formula is C54H70Br2N2O14+2. The molecule has 0 N–H and O–H groups in total. The van der Waals surface area contributed by atoms with E-state index in [1.54, 1.807) is 71.1 Å². The lowest BCUT2D eigenvalue weighted by Crippen LogP contribution is -2.53. The average Bonchev–Trinajstić information content (AvgIpc) is 3.40. The minimum Gasteiger partial charge on any atom is -0.493 e. The van der Waals surface area contributed by atoms with Crippen LogP contribution in [0.15, 0.2) is 57.5 Å². The van der Waals surface area contributed by atoms with Crippen LogP contribution in [0.5, 0.6) is 57.5 Å². The predicted molar refractivity (Wildman–Crippen MR) is 279 cm³/mol. The number of benzene rings is 4. The molecule has 2 heterocycles. The van der Waals surface area contributed by atoms with Crippen LogP contribution in [0.25, 0.3) is 0 Å². The first-order chi connectivity index (χ1) is 34.6. The highest BCUT2D eigenvalue weighted by atomic mass is 79.9. The zero-order valence-corrected chi connectivity index (χ0v) is 46.8. The monoisotopic (exact) mass is 1130 g/mol. The lowest BCUT2D eigenvalue weighted by molar-refractivity contribution is -0.940. The standard InChI is InChI=1S/C54H70Br2N2O14/c1-57(17-13-35-27-43(61-3)45(63-5)29-37(35)41(57)21-33-23-47(65-7)53(69-11)48(24-33)66-8)19-15-51(59)71-31-39(55)40(56)32-72-52(60)16-20-58(2)18-14-36-28-44(62-4)46(64-6)30-38(36)42(58)22-34-25-49(67-9)54(70-12)50(26-34)68-10/h23-30,41-42H,13-22,31-32H2,1-12H3/q+2/b40-39+/t41-,42-,57?,58?/m1/s1. The van der Waals surface area contributed by atoms with Crippen molar-refractivity contribution in [3.05, 3.63) is 90.9 Å². The Bertz CT molecular complexity index is 2380. The Morgan fingerprint density at radius 3 is 1.06 bits per heavy atom. The Labute approximate surface area is 440 Å². The van der Waals surface area contributed by atoms with Gasteiger partial charge >= 0.3 is 11.9 Å². The van der Waals surface area contributed by atoms with E-state index in [9.17, 15) is 9.59 Å². The van der Waals surface area contributed by atoms with Crippen LogP contribution in [-0.2, 0) is 44.7 Å². The number of likely N-dealkylation sites (N-methyl/N-ethyl adjacent to an activating group) is 2. The maximum Gasteiger partial charge on any atom is 0.311 e. The van der Waals surface area contributed by atoms with Crippen LogP contribution in [0.1, 0.15) is 58.3 Å². The minimum absolute atomic E-state index is 0.0411. The van der Waals surface area contributed by atoms with Crippen LogP contribution < -0.4 is 47.4 Å². The maximum atomic E-state index is 13.5. The fourth-order valence-electron chi connectivity index (χ4n) is 10.1. The van der Waals surface area contributed by atoms with Gasteiger partial charge in [-0.15, -0.1) is 0 Å². The number of carbonyl (C=O) groups excluding carboxylic acids is 2. The number of rotatable bonds is 24. The summed E-state index contributed by atoms with van der Waals surface area (Å²) in [7, 11) is 20.4. The highest BCUT2D eigenvalue weighted by Crippen LogP contribution is 2.47. The average molecular weight is 1130 g/mol. The van der Waals surface area contributed by atoms with Gasteiger partial charge in [-0.05, 0) is 70.8 Å². The summed E-state index contributed by atoms with van der Waals surface area (Å²) < 4.78 is 70.7. The number of halogens is 2. The molecule has 0 bridgehead atoms. The fourth-order valence-corrected chi connectivity index (χ4v) is 10.6. The molecule has 16 nitrogen and oxygen atoms in total. The van der Waals surface area contributed by atoms with Crippen molar-refractivity contribution in [3.63, 3.8) is 0 Å². The van der Waals surface area contributed by atoms with Gasteiger partial charge in [0, 0.05) is 45.8 Å². The van der Waals surface area contributed by atoms with Crippen molar-refractivity contribution in [1.29, 1.82) is 0 Å². The first-order valence-corrected chi connectivity index (χ1v) is 25.2. The number of methoxy groups -OCH3 is 10. The highest BCUT2D eigenvalue weighted by molar-refractivity contribution is 9.14. The second-order valence-electron chi connectivity index (χ2n) is 18.3. The number of fused-ring (bicyclic) bond motifs is 2. The lowest BCUT2D eigenvalue weighted by atomic mass is 9.86. The molecule has 0 fully saturated rings. The molecule has 0 saturated heterocycles. The third-order valence-corrected chi connectivity index (χ3v) is 16.2. The number of hydrogen-bond acceptors (Lipinski definition) is 14. The van der Waals surface area contributed by atoms with Crippen molar-refractivity contribution in [2.24, 2.45) is 0 Å². The Morgan fingerprint density at radius 2 is 0.764 bits per heavy atom. The smallest absolute Gasteiger partial charge is 0.311 e. The van der Waals surface area contributed by atoms with Gasteiger partial charge in [-0.3, -0.25) is 9.59 Å². The first-order valence-electron chi connectivity index (χ1n) is 23.7. The van der Waals surface area contributed by atoms with Gasteiger partial charge in [-0.2, -0.15) is 0 Å². The van der Waals surface area contributed by atoms with E-state index in [0.29, 0.717) is 101 Å². The van der Waals surface area contributed by atoms with Crippen LogP contribution in [0, 0.1) is 0 Å².